The van der Waals surface area contributed by atoms with Gasteiger partial charge in [0.2, 0.25) is 0 Å². The molecule has 0 radical (unpaired) electrons. The molecule has 0 unspecified atom stereocenters. The first-order valence-corrected chi connectivity index (χ1v) is 12.5. The Morgan fingerprint density at radius 2 is 1.27 bits per heavy atom. The molecule has 30 heavy (non-hydrogen) atoms. The van der Waals surface area contributed by atoms with Gasteiger partial charge < -0.3 is 19.7 Å². The molecule has 4 nitrogen and oxygen atoms in total. The van der Waals surface area contributed by atoms with E-state index in [1.165, 1.54) is 77.2 Å². The predicted molar refractivity (Wildman–Crippen MR) is 132 cm³/mol. The summed E-state index contributed by atoms with van der Waals surface area (Å²) in [5.74, 6) is 0. The third kappa shape index (κ3) is 23.6. The molecule has 4 heteroatoms. The van der Waals surface area contributed by atoms with Crippen LogP contribution in [0.4, 0.5) is 0 Å². The molecule has 0 aromatic carbocycles. The van der Waals surface area contributed by atoms with E-state index in [1.807, 2.05) is 0 Å². The number of hydrogen-bond donors (Lipinski definition) is 1. The summed E-state index contributed by atoms with van der Waals surface area (Å²) in [7, 11) is 4.28. The number of allylic oxidation sites excluding steroid dienone is 2. The SMILES string of the molecule is CCCCC/C=C\COCC(COC/C=C\CCCCC)NCCCCCN(C)C. The third-order valence-corrected chi connectivity index (χ3v) is 5.06. The Morgan fingerprint density at radius 1 is 0.700 bits per heavy atom. The molecular formula is C26H52N2O2. The second kappa shape index (κ2) is 24.6. The lowest BCUT2D eigenvalue weighted by Gasteiger charge is -2.18. The van der Waals surface area contributed by atoms with Crippen LogP contribution in [0.2, 0.25) is 0 Å². The van der Waals surface area contributed by atoms with Crippen LogP contribution in [0.1, 0.15) is 84.5 Å². The summed E-state index contributed by atoms with van der Waals surface area (Å²) >= 11 is 0. The molecule has 0 amide bonds. The number of unbranched alkanes of at least 4 members (excludes halogenated alkanes) is 8. The van der Waals surface area contributed by atoms with Gasteiger partial charge in [-0.1, -0.05) is 70.3 Å². The monoisotopic (exact) mass is 424 g/mol. The van der Waals surface area contributed by atoms with Gasteiger partial charge in [0.15, 0.2) is 0 Å². The van der Waals surface area contributed by atoms with E-state index < -0.39 is 0 Å². The molecular weight excluding hydrogens is 372 g/mol. The van der Waals surface area contributed by atoms with Crippen LogP contribution >= 0.6 is 0 Å². The molecule has 0 atom stereocenters. The fourth-order valence-electron chi connectivity index (χ4n) is 3.15. The highest BCUT2D eigenvalue weighted by Gasteiger charge is 2.08. The molecule has 178 valence electrons. The van der Waals surface area contributed by atoms with Crippen LogP contribution in [0, 0.1) is 0 Å². The molecule has 0 spiro atoms. The Labute approximate surface area is 188 Å². The number of nitrogens with zero attached hydrogens (tertiary/aromatic N) is 1. The summed E-state index contributed by atoms with van der Waals surface area (Å²) in [6.07, 6.45) is 22.6. The summed E-state index contributed by atoms with van der Waals surface area (Å²) in [4.78, 5) is 2.25. The highest BCUT2D eigenvalue weighted by molar-refractivity contribution is 4.82. The Balaban J connectivity index is 4.00. The molecule has 1 N–H and O–H groups in total. The molecule has 0 aromatic rings. The number of nitrogens with one attached hydrogen (secondary N) is 1. The molecule has 0 heterocycles. The van der Waals surface area contributed by atoms with Crippen molar-refractivity contribution in [3.05, 3.63) is 24.3 Å². The molecule has 0 aliphatic heterocycles. The van der Waals surface area contributed by atoms with Crippen LogP contribution < -0.4 is 5.32 Å². The molecule has 0 aliphatic rings. The van der Waals surface area contributed by atoms with Crippen molar-refractivity contribution in [2.24, 2.45) is 0 Å². The van der Waals surface area contributed by atoms with Crippen LogP contribution in [-0.2, 0) is 9.47 Å². The Bertz CT molecular complexity index is 357. The minimum atomic E-state index is 0.265. The van der Waals surface area contributed by atoms with E-state index in [1.54, 1.807) is 0 Å². The zero-order chi connectivity index (χ0) is 22.1. The Morgan fingerprint density at radius 3 is 1.77 bits per heavy atom. The van der Waals surface area contributed by atoms with E-state index >= 15 is 0 Å². The second-order valence-corrected chi connectivity index (χ2v) is 8.52. The standard InChI is InChI=1S/C26H52N2O2/c1-5-7-9-11-13-18-22-29-24-26(27-20-16-15-17-21-28(3)4)25-30-23-19-14-12-10-8-6-2/h13-14,18-19,26-27H,5-12,15-17,20-25H2,1-4H3/b18-13-,19-14-. The molecule has 0 aliphatic carbocycles. The largest absolute Gasteiger partial charge is 0.376 e. The van der Waals surface area contributed by atoms with E-state index in [-0.39, 0.29) is 6.04 Å². The molecule has 0 bridgehead atoms. The van der Waals surface area contributed by atoms with E-state index in [0.717, 1.165) is 6.54 Å². The first-order valence-electron chi connectivity index (χ1n) is 12.5. The average molecular weight is 425 g/mol. The summed E-state index contributed by atoms with van der Waals surface area (Å²) in [6.45, 7) is 9.50. The minimum Gasteiger partial charge on any atom is -0.376 e. The zero-order valence-electron chi connectivity index (χ0n) is 20.7. The van der Waals surface area contributed by atoms with Crippen LogP contribution in [0.5, 0.6) is 0 Å². The summed E-state index contributed by atoms with van der Waals surface area (Å²) in [5, 5.41) is 3.63. The molecule has 0 saturated carbocycles. The number of ether oxygens (including phenoxy) is 2. The first kappa shape index (κ1) is 29.3. The topological polar surface area (TPSA) is 33.7 Å². The van der Waals surface area contributed by atoms with Crippen molar-refractivity contribution in [2.75, 3.05) is 53.6 Å². The van der Waals surface area contributed by atoms with Crippen molar-refractivity contribution in [3.63, 3.8) is 0 Å². The molecule has 0 saturated heterocycles. The van der Waals surface area contributed by atoms with Gasteiger partial charge >= 0.3 is 0 Å². The van der Waals surface area contributed by atoms with Gasteiger partial charge in [0, 0.05) is 0 Å². The molecule has 0 rings (SSSR count). The van der Waals surface area contributed by atoms with Crippen molar-refractivity contribution in [1.82, 2.24) is 10.2 Å². The normalized spacial score (nSPS) is 12.3. The fourth-order valence-corrected chi connectivity index (χ4v) is 3.15. The predicted octanol–water partition coefficient (Wildman–Crippen LogP) is 5.98. The quantitative estimate of drug-likeness (QED) is 0.161. The van der Waals surface area contributed by atoms with Gasteiger partial charge in [-0.05, 0) is 65.7 Å². The maximum atomic E-state index is 5.88. The van der Waals surface area contributed by atoms with Crippen molar-refractivity contribution in [3.8, 4) is 0 Å². The van der Waals surface area contributed by atoms with Crippen LogP contribution in [0.3, 0.4) is 0 Å². The third-order valence-electron chi connectivity index (χ3n) is 5.06. The van der Waals surface area contributed by atoms with Crippen LogP contribution in [0.25, 0.3) is 0 Å². The maximum Gasteiger partial charge on any atom is 0.0648 e. The Hall–Kier alpha value is -0.680. The minimum absolute atomic E-state index is 0.265. The number of hydrogen-bond acceptors (Lipinski definition) is 4. The van der Waals surface area contributed by atoms with Crippen molar-refractivity contribution >= 4 is 0 Å². The highest BCUT2D eigenvalue weighted by atomic mass is 16.5. The lowest BCUT2D eigenvalue weighted by molar-refractivity contribution is 0.0758. The average Bonchev–Trinajstić information content (AvgIpc) is 2.73. The van der Waals surface area contributed by atoms with Gasteiger partial charge in [-0.25, -0.2) is 0 Å². The zero-order valence-corrected chi connectivity index (χ0v) is 20.7. The Kier molecular flexibility index (Phi) is 24.0. The summed E-state index contributed by atoms with van der Waals surface area (Å²) in [6, 6.07) is 0.265. The van der Waals surface area contributed by atoms with Gasteiger partial charge in [0.1, 0.15) is 0 Å². The van der Waals surface area contributed by atoms with Crippen molar-refractivity contribution < 1.29 is 9.47 Å². The van der Waals surface area contributed by atoms with Gasteiger partial charge in [0.05, 0.1) is 32.5 Å². The highest BCUT2D eigenvalue weighted by Crippen LogP contribution is 2.01. The van der Waals surface area contributed by atoms with Crippen molar-refractivity contribution in [2.45, 2.75) is 90.5 Å². The van der Waals surface area contributed by atoms with Gasteiger partial charge in [-0.2, -0.15) is 0 Å². The lowest BCUT2D eigenvalue weighted by Crippen LogP contribution is -2.38. The maximum absolute atomic E-state index is 5.88. The van der Waals surface area contributed by atoms with Crippen LogP contribution in [-0.4, -0.2) is 64.6 Å². The van der Waals surface area contributed by atoms with E-state index in [4.69, 9.17) is 9.47 Å². The van der Waals surface area contributed by atoms with Crippen molar-refractivity contribution in [1.29, 1.82) is 0 Å². The molecule has 0 aromatic heterocycles. The lowest BCUT2D eigenvalue weighted by atomic mass is 10.2. The first-order chi connectivity index (χ1) is 14.7. The van der Waals surface area contributed by atoms with E-state index in [0.29, 0.717) is 26.4 Å². The van der Waals surface area contributed by atoms with Gasteiger partial charge in [0.25, 0.3) is 0 Å². The van der Waals surface area contributed by atoms with E-state index in [9.17, 15) is 0 Å². The van der Waals surface area contributed by atoms with Gasteiger partial charge in [-0.3, -0.25) is 0 Å². The summed E-state index contributed by atoms with van der Waals surface area (Å²) < 4.78 is 11.8. The second-order valence-electron chi connectivity index (χ2n) is 8.52. The molecule has 0 fully saturated rings. The van der Waals surface area contributed by atoms with Crippen LogP contribution in [0.15, 0.2) is 24.3 Å². The fraction of sp³-hybridized carbons (Fsp3) is 0.846. The van der Waals surface area contributed by atoms with E-state index in [2.05, 4.69) is 62.5 Å². The summed E-state index contributed by atoms with van der Waals surface area (Å²) in [5.41, 5.74) is 0. The smallest absolute Gasteiger partial charge is 0.0648 e. The number of rotatable bonds is 23. The van der Waals surface area contributed by atoms with Gasteiger partial charge in [-0.15, -0.1) is 0 Å².